The fourth-order valence-corrected chi connectivity index (χ4v) is 12.7. The molecule has 0 amide bonds. The van der Waals surface area contributed by atoms with Crippen LogP contribution in [-0.4, -0.2) is 47.0 Å². The topological polar surface area (TPSA) is 141 Å². The summed E-state index contributed by atoms with van der Waals surface area (Å²) < 4.78 is 37.0. The Bertz CT molecular complexity index is 5120. The molecule has 0 radical (unpaired) electrons. The van der Waals surface area contributed by atoms with E-state index in [-0.39, 0.29) is 9.79 Å². The Morgan fingerprint density at radius 2 is 0.778 bits per heavy atom. The van der Waals surface area contributed by atoms with Gasteiger partial charge in [-0.3, -0.25) is 4.57 Å². The van der Waals surface area contributed by atoms with Crippen LogP contribution in [0.3, 0.4) is 0 Å². The zero-order chi connectivity index (χ0) is 54.3. The predicted octanol–water partition coefficient (Wildman–Crippen LogP) is 14.1. The predicted molar refractivity (Wildman–Crippen MR) is 318 cm³/mol. The molecule has 0 aliphatic carbocycles. The molecule has 10 aromatic carbocycles. The number of nitriles is 1. The summed E-state index contributed by atoms with van der Waals surface area (Å²) >= 11 is 0. The van der Waals surface area contributed by atoms with Crippen molar-refractivity contribution in [2.24, 2.45) is 7.05 Å². The van der Waals surface area contributed by atoms with E-state index < -0.39 is 9.84 Å². The van der Waals surface area contributed by atoms with E-state index in [0.29, 0.717) is 34.9 Å². The monoisotopic (exact) mass is 1060 g/mol. The lowest BCUT2D eigenvalue weighted by atomic mass is 10.1. The minimum absolute atomic E-state index is 0.109. The molecule has 15 rings (SSSR count). The van der Waals surface area contributed by atoms with E-state index in [1.165, 1.54) is 24.3 Å². The van der Waals surface area contributed by atoms with E-state index >= 15 is 0 Å². The second-order valence-electron chi connectivity index (χ2n) is 19.9. The molecule has 0 N–H and O–H groups in total. The number of aromatic nitrogens is 9. The van der Waals surface area contributed by atoms with Gasteiger partial charge in [-0.05, 0) is 109 Å². The summed E-state index contributed by atoms with van der Waals surface area (Å²) in [6.45, 7) is 0. The van der Waals surface area contributed by atoms with Crippen LogP contribution in [-0.2, 0) is 16.9 Å². The number of hydrogen-bond donors (Lipinski definition) is 0. The molecule has 0 aliphatic rings. The first kappa shape index (κ1) is 47.3. The first-order valence-corrected chi connectivity index (χ1v) is 27.8. The number of hydrogen-bond acceptors (Lipinski definition) is 8. The zero-order valence-electron chi connectivity index (χ0n) is 43.3. The summed E-state index contributed by atoms with van der Waals surface area (Å²) in [5.41, 5.74) is 10.2. The van der Waals surface area contributed by atoms with Crippen molar-refractivity contribution in [1.82, 2.24) is 38.6 Å². The lowest BCUT2D eigenvalue weighted by molar-refractivity contribution is -0.659. The third-order valence-corrected chi connectivity index (χ3v) is 17.0. The van der Waals surface area contributed by atoms with Crippen LogP contribution >= 0.6 is 0 Å². The van der Waals surface area contributed by atoms with Crippen molar-refractivity contribution >= 4 is 75.3 Å². The van der Waals surface area contributed by atoms with Crippen LogP contribution in [0.1, 0.15) is 5.56 Å². The van der Waals surface area contributed by atoms with Crippen molar-refractivity contribution in [3.63, 3.8) is 0 Å². The van der Waals surface area contributed by atoms with E-state index in [0.717, 1.165) is 99.2 Å². The molecule has 5 aromatic heterocycles. The number of rotatable bonds is 9. The number of sulfone groups is 1. The van der Waals surface area contributed by atoms with Crippen LogP contribution in [0.2, 0.25) is 0 Å². The fraction of sp³-hybridized carbons (Fsp3) is 0.0147. The van der Waals surface area contributed by atoms with Crippen molar-refractivity contribution in [2.75, 3.05) is 0 Å². The standard InChI is InChI=1S/C68H43N10O2S/c1-75-66(47-24-12-5-13-25-47)71-65(46-22-10-4-11-23-46)74-68(75)78-58-29-17-15-27-52(58)54-39-60-56(41-62(54)78)55-40-61-53(38-59(55)76(60)48-32-36-50(37-33-48)81(79,80)49-34-30-43(42-69)31-35-49)51-26-14-16-28-57(51)77(61)67-72-63(44-18-6-2-7-19-44)70-64(73-67)45-20-8-3-9-21-45/h2-41H,1H3/q+1. The molecular formula is C68H43N10O2S+. The van der Waals surface area contributed by atoms with Crippen molar-refractivity contribution in [2.45, 2.75) is 9.79 Å². The molecule has 81 heavy (non-hydrogen) atoms. The van der Waals surface area contributed by atoms with Crippen LogP contribution in [0, 0.1) is 11.3 Å². The van der Waals surface area contributed by atoms with Gasteiger partial charge in [-0.1, -0.05) is 138 Å². The molecular weight excluding hydrogens is 1020 g/mol. The lowest BCUT2D eigenvalue weighted by Gasteiger charge is -2.11. The molecule has 12 nitrogen and oxygen atoms in total. The average molecular weight is 1060 g/mol. The Labute approximate surface area is 464 Å². The van der Waals surface area contributed by atoms with Crippen LogP contribution in [0.15, 0.2) is 252 Å². The van der Waals surface area contributed by atoms with Gasteiger partial charge in [0.25, 0.3) is 5.82 Å². The van der Waals surface area contributed by atoms with Gasteiger partial charge in [0.2, 0.25) is 21.6 Å². The number of nitrogens with zero attached hydrogens (tertiary/aromatic N) is 10. The van der Waals surface area contributed by atoms with E-state index in [2.05, 4.69) is 97.1 Å². The number of benzene rings is 10. The Kier molecular flexibility index (Phi) is 10.9. The highest BCUT2D eigenvalue weighted by Crippen LogP contribution is 2.43. The Morgan fingerprint density at radius 1 is 0.383 bits per heavy atom. The molecule has 0 saturated carbocycles. The first-order chi connectivity index (χ1) is 39.8. The number of para-hydroxylation sites is 2. The van der Waals surface area contributed by atoms with Crippen LogP contribution in [0.25, 0.3) is 129 Å². The van der Waals surface area contributed by atoms with Crippen molar-refractivity contribution in [3.8, 4) is 69.2 Å². The largest absolute Gasteiger partial charge is 0.362 e. The minimum atomic E-state index is -3.93. The van der Waals surface area contributed by atoms with E-state index in [1.54, 1.807) is 12.1 Å². The summed E-state index contributed by atoms with van der Waals surface area (Å²) in [4.78, 5) is 26.4. The van der Waals surface area contributed by atoms with Gasteiger partial charge in [0.1, 0.15) is 11.0 Å². The third-order valence-electron chi connectivity index (χ3n) is 15.2. The first-order valence-electron chi connectivity index (χ1n) is 26.4. The Morgan fingerprint density at radius 3 is 1.27 bits per heavy atom. The minimum Gasteiger partial charge on any atom is -0.309 e. The van der Waals surface area contributed by atoms with Crippen molar-refractivity contribution < 1.29 is 13.0 Å². The van der Waals surface area contributed by atoms with Gasteiger partial charge in [0, 0.05) is 60.3 Å². The van der Waals surface area contributed by atoms with Gasteiger partial charge in [-0.15, -0.1) is 4.98 Å². The Balaban J connectivity index is 1.04. The molecule has 15 aromatic rings. The average Bonchev–Trinajstić information content (AvgIpc) is 4.13. The molecule has 5 heterocycles. The highest BCUT2D eigenvalue weighted by molar-refractivity contribution is 7.91. The van der Waals surface area contributed by atoms with Gasteiger partial charge >= 0.3 is 5.95 Å². The highest BCUT2D eigenvalue weighted by atomic mass is 32.2. The quantitative estimate of drug-likeness (QED) is 0.130. The van der Waals surface area contributed by atoms with Gasteiger partial charge in [0.15, 0.2) is 11.6 Å². The van der Waals surface area contributed by atoms with E-state index in [1.807, 2.05) is 141 Å². The van der Waals surface area contributed by atoms with Crippen LogP contribution in [0.4, 0.5) is 0 Å². The summed E-state index contributed by atoms with van der Waals surface area (Å²) in [5.74, 6) is 3.59. The summed E-state index contributed by atoms with van der Waals surface area (Å²) in [6, 6.07) is 81.1. The summed E-state index contributed by atoms with van der Waals surface area (Å²) in [7, 11) is -1.91. The smallest absolute Gasteiger partial charge is 0.309 e. The van der Waals surface area contributed by atoms with Gasteiger partial charge in [0.05, 0.1) is 50.5 Å². The molecule has 382 valence electrons. The SMILES string of the molecule is C[n+]1c(-c2ccccc2)nc(-c2ccccc2)nc1-n1c2ccccc2c2cc3c(cc21)c1cc2c(cc1n3-c1ccc(S(=O)(=O)c3ccc(C#N)cc3)cc1)c1ccccc1n2-c1nc(-c2ccccc2)nc(-c2ccccc2)n1. The molecule has 0 bridgehead atoms. The molecule has 0 fully saturated rings. The maximum absolute atomic E-state index is 14.1. The maximum Gasteiger partial charge on any atom is 0.362 e. The second-order valence-corrected chi connectivity index (χ2v) is 21.9. The van der Waals surface area contributed by atoms with Gasteiger partial charge < -0.3 is 4.57 Å². The van der Waals surface area contributed by atoms with E-state index in [9.17, 15) is 13.7 Å². The second kappa shape index (κ2) is 18.6. The van der Waals surface area contributed by atoms with Crippen molar-refractivity contribution in [3.05, 3.63) is 248 Å². The Hall–Kier alpha value is -10.9. The molecule has 0 spiro atoms. The lowest BCUT2D eigenvalue weighted by Crippen LogP contribution is -2.39. The van der Waals surface area contributed by atoms with Crippen molar-refractivity contribution in [1.29, 1.82) is 5.26 Å². The third kappa shape index (κ3) is 7.68. The normalized spacial score (nSPS) is 11.9. The van der Waals surface area contributed by atoms with Crippen LogP contribution in [0.5, 0.6) is 0 Å². The molecule has 0 atom stereocenters. The molecule has 13 heteroatoms. The zero-order valence-corrected chi connectivity index (χ0v) is 44.1. The molecule has 0 unspecified atom stereocenters. The fourth-order valence-electron chi connectivity index (χ4n) is 11.4. The van der Waals surface area contributed by atoms with Gasteiger partial charge in [-0.2, -0.15) is 15.2 Å². The maximum atomic E-state index is 14.1. The van der Waals surface area contributed by atoms with E-state index in [4.69, 9.17) is 24.9 Å². The number of fused-ring (bicyclic) bond motifs is 9. The molecule has 0 saturated heterocycles. The summed E-state index contributed by atoms with van der Waals surface area (Å²) in [6.07, 6.45) is 0. The highest BCUT2D eigenvalue weighted by Gasteiger charge is 2.29. The molecule has 0 aliphatic heterocycles. The summed E-state index contributed by atoms with van der Waals surface area (Å²) in [5, 5.41) is 15.3. The van der Waals surface area contributed by atoms with Gasteiger partial charge in [-0.25, -0.2) is 22.5 Å². The van der Waals surface area contributed by atoms with Crippen LogP contribution < -0.4 is 4.57 Å².